The van der Waals surface area contributed by atoms with Gasteiger partial charge in [0.1, 0.15) is 17.5 Å². The molecule has 1 atom stereocenters. The Bertz CT molecular complexity index is 1120. The lowest BCUT2D eigenvalue weighted by Gasteiger charge is -2.31. The number of sulfonamides is 1. The average molecular weight is 534 g/mol. The van der Waals surface area contributed by atoms with Gasteiger partial charge in [-0.2, -0.15) is 0 Å². The second-order valence-corrected chi connectivity index (χ2v) is 10.5. The Hall–Kier alpha value is -3.27. The van der Waals surface area contributed by atoms with E-state index in [0.29, 0.717) is 43.2 Å². The van der Waals surface area contributed by atoms with Gasteiger partial charge >= 0.3 is 0 Å². The Morgan fingerprint density at radius 1 is 1.03 bits per heavy atom. The molecule has 0 fully saturated rings. The molecule has 2 aromatic rings. The number of benzene rings is 2. The third-order valence-electron chi connectivity index (χ3n) is 5.81. The summed E-state index contributed by atoms with van der Waals surface area (Å²) < 4.78 is 37.0. The Balaban J connectivity index is 2.20. The van der Waals surface area contributed by atoms with E-state index >= 15 is 0 Å². The lowest BCUT2D eigenvalue weighted by molar-refractivity contribution is -0.141. The van der Waals surface area contributed by atoms with Crippen LogP contribution in [0.25, 0.3) is 0 Å². The molecule has 0 radical (unpaired) electrons. The van der Waals surface area contributed by atoms with E-state index in [4.69, 9.17) is 9.47 Å². The molecule has 9 nitrogen and oxygen atoms in total. The van der Waals surface area contributed by atoms with Crippen LogP contribution >= 0.6 is 0 Å². The quantitative estimate of drug-likeness (QED) is 0.375. The fourth-order valence-electron chi connectivity index (χ4n) is 4.06. The van der Waals surface area contributed by atoms with Crippen molar-refractivity contribution in [2.45, 2.75) is 52.6 Å². The third-order valence-corrected chi connectivity index (χ3v) is 7.01. The molecule has 1 N–H and O–H groups in total. The highest BCUT2D eigenvalue weighted by Gasteiger charge is 2.28. The van der Waals surface area contributed by atoms with Gasteiger partial charge in [-0.15, -0.1) is 0 Å². The van der Waals surface area contributed by atoms with E-state index < -0.39 is 16.1 Å². The van der Waals surface area contributed by atoms with E-state index in [1.807, 2.05) is 45.0 Å². The SMILES string of the molecule is CCNC(=O)C(CC)N(Cc1cccc(OC)c1)C(=O)CCCN(c1ccc(OCC)cc1)S(C)(=O)=O. The van der Waals surface area contributed by atoms with Crippen LogP contribution in [0.3, 0.4) is 0 Å². The lowest BCUT2D eigenvalue weighted by atomic mass is 10.1. The van der Waals surface area contributed by atoms with Crippen LogP contribution in [-0.4, -0.2) is 64.2 Å². The van der Waals surface area contributed by atoms with Gasteiger partial charge < -0.3 is 19.7 Å². The van der Waals surface area contributed by atoms with Crippen molar-refractivity contribution in [3.63, 3.8) is 0 Å². The van der Waals surface area contributed by atoms with Crippen molar-refractivity contribution in [3.05, 3.63) is 54.1 Å². The number of carbonyl (C=O) groups excluding carboxylic acids is 2. The minimum Gasteiger partial charge on any atom is -0.497 e. The van der Waals surface area contributed by atoms with Gasteiger partial charge in [0.05, 0.1) is 25.7 Å². The van der Waals surface area contributed by atoms with Crippen LogP contribution < -0.4 is 19.1 Å². The zero-order chi connectivity index (χ0) is 27.4. The fourth-order valence-corrected chi connectivity index (χ4v) is 5.02. The number of carbonyl (C=O) groups is 2. The third kappa shape index (κ3) is 8.96. The number of hydrogen-bond donors (Lipinski definition) is 1. The highest BCUT2D eigenvalue weighted by Crippen LogP contribution is 2.23. The van der Waals surface area contributed by atoms with Crippen molar-refractivity contribution < 1.29 is 27.5 Å². The molecular weight excluding hydrogens is 494 g/mol. The second kappa shape index (κ2) is 14.5. The molecule has 0 aliphatic carbocycles. The van der Waals surface area contributed by atoms with Gasteiger partial charge in [0.25, 0.3) is 0 Å². The number of nitrogens with zero attached hydrogens (tertiary/aromatic N) is 2. The van der Waals surface area contributed by atoms with Gasteiger partial charge in [-0.3, -0.25) is 13.9 Å². The number of likely N-dealkylation sites (N-methyl/N-ethyl adjacent to an activating group) is 1. The lowest BCUT2D eigenvalue weighted by Crippen LogP contribution is -2.49. The molecule has 0 heterocycles. The molecule has 0 saturated heterocycles. The first-order chi connectivity index (χ1) is 17.6. The number of rotatable bonds is 15. The van der Waals surface area contributed by atoms with Crippen LogP contribution in [0.15, 0.2) is 48.5 Å². The first-order valence-corrected chi connectivity index (χ1v) is 14.4. The second-order valence-electron chi connectivity index (χ2n) is 8.56. The molecule has 1 unspecified atom stereocenters. The monoisotopic (exact) mass is 533 g/mol. The maximum Gasteiger partial charge on any atom is 0.242 e. The predicted octanol–water partition coefficient (Wildman–Crippen LogP) is 3.58. The van der Waals surface area contributed by atoms with Gasteiger partial charge in [-0.25, -0.2) is 8.42 Å². The van der Waals surface area contributed by atoms with Crippen LogP contribution in [0.4, 0.5) is 5.69 Å². The standard InChI is InChI=1S/C27H39N3O6S/c1-6-25(27(32)28-7-2)29(20-21-11-9-12-24(19-21)35-4)26(31)13-10-18-30(37(5,33)34)22-14-16-23(17-15-22)36-8-3/h9,11-12,14-17,19,25H,6-8,10,13,18,20H2,1-5H3,(H,28,32). The Morgan fingerprint density at radius 2 is 1.73 bits per heavy atom. The van der Waals surface area contributed by atoms with Gasteiger partial charge in [0.2, 0.25) is 21.8 Å². The first kappa shape index (κ1) is 30.0. The summed E-state index contributed by atoms with van der Waals surface area (Å²) in [5, 5.41) is 2.81. The minimum atomic E-state index is -3.57. The van der Waals surface area contributed by atoms with Crippen molar-refractivity contribution in [3.8, 4) is 11.5 Å². The Kier molecular flexibility index (Phi) is 11.7. The summed E-state index contributed by atoms with van der Waals surface area (Å²) in [7, 11) is -2.00. The first-order valence-electron chi connectivity index (χ1n) is 12.5. The number of ether oxygens (including phenoxy) is 2. The molecule has 0 spiro atoms. The van der Waals surface area contributed by atoms with E-state index in [1.165, 1.54) is 4.31 Å². The van der Waals surface area contributed by atoms with Crippen molar-refractivity contribution in [2.24, 2.45) is 0 Å². The maximum absolute atomic E-state index is 13.4. The summed E-state index contributed by atoms with van der Waals surface area (Å²) in [5.41, 5.74) is 1.34. The van der Waals surface area contributed by atoms with Crippen molar-refractivity contribution in [1.82, 2.24) is 10.2 Å². The molecule has 0 aliphatic rings. The molecule has 2 rings (SSSR count). The number of hydrogen-bond acceptors (Lipinski definition) is 6. The van der Waals surface area contributed by atoms with Crippen LogP contribution in [0, 0.1) is 0 Å². The maximum atomic E-state index is 13.4. The summed E-state index contributed by atoms with van der Waals surface area (Å²) in [5.74, 6) is 0.878. The van der Waals surface area contributed by atoms with E-state index in [0.717, 1.165) is 11.8 Å². The van der Waals surface area contributed by atoms with E-state index in [2.05, 4.69) is 5.32 Å². The van der Waals surface area contributed by atoms with Crippen LogP contribution in [-0.2, 0) is 26.2 Å². The van der Waals surface area contributed by atoms with Gasteiger partial charge in [-0.05, 0) is 68.7 Å². The molecule has 37 heavy (non-hydrogen) atoms. The van der Waals surface area contributed by atoms with Crippen molar-refractivity contribution >= 4 is 27.5 Å². The molecule has 0 bridgehead atoms. The highest BCUT2D eigenvalue weighted by atomic mass is 32.2. The molecule has 0 saturated carbocycles. The summed E-state index contributed by atoms with van der Waals surface area (Å²) >= 11 is 0. The Labute approximate surface area is 220 Å². The van der Waals surface area contributed by atoms with Crippen molar-refractivity contribution in [2.75, 3.05) is 37.4 Å². The average Bonchev–Trinajstić information content (AvgIpc) is 2.87. The summed E-state index contributed by atoms with van der Waals surface area (Å²) in [6, 6.07) is 13.5. The number of anilines is 1. The zero-order valence-electron chi connectivity index (χ0n) is 22.4. The van der Waals surface area contributed by atoms with Gasteiger partial charge in [-0.1, -0.05) is 19.1 Å². The molecule has 10 heteroatoms. The normalized spacial score (nSPS) is 11.9. The van der Waals surface area contributed by atoms with Crippen LogP contribution in [0.1, 0.15) is 45.6 Å². The van der Waals surface area contributed by atoms with Crippen molar-refractivity contribution in [1.29, 1.82) is 0 Å². The summed E-state index contributed by atoms with van der Waals surface area (Å²) in [6.07, 6.45) is 1.97. The smallest absolute Gasteiger partial charge is 0.242 e. The summed E-state index contributed by atoms with van der Waals surface area (Å²) in [4.78, 5) is 27.8. The van der Waals surface area contributed by atoms with Crippen LogP contribution in [0.2, 0.25) is 0 Å². The van der Waals surface area contributed by atoms with Crippen LogP contribution in [0.5, 0.6) is 11.5 Å². The Morgan fingerprint density at radius 3 is 2.30 bits per heavy atom. The molecule has 2 amide bonds. The van der Waals surface area contributed by atoms with E-state index in [1.54, 1.807) is 36.3 Å². The number of amides is 2. The topological polar surface area (TPSA) is 105 Å². The molecule has 204 valence electrons. The highest BCUT2D eigenvalue weighted by molar-refractivity contribution is 7.92. The van der Waals surface area contributed by atoms with Gasteiger partial charge in [0.15, 0.2) is 0 Å². The zero-order valence-corrected chi connectivity index (χ0v) is 23.2. The molecule has 0 aliphatic heterocycles. The molecular formula is C27H39N3O6S. The van der Waals surface area contributed by atoms with E-state index in [-0.39, 0.29) is 31.3 Å². The number of methoxy groups -OCH3 is 1. The largest absolute Gasteiger partial charge is 0.497 e. The fraction of sp³-hybridized carbons (Fsp3) is 0.481. The predicted molar refractivity (Wildman–Crippen MR) is 145 cm³/mol. The molecule has 0 aromatic heterocycles. The summed E-state index contributed by atoms with van der Waals surface area (Å²) in [6.45, 7) is 6.91. The minimum absolute atomic E-state index is 0.0862. The van der Waals surface area contributed by atoms with Gasteiger partial charge in [0, 0.05) is 26.1 Å². The van der Waals surface area contributed by atoms with E-state index in [9.17, 15) is 18.0 Å². The molecule has 2 aromatic carbocycles. The number of nitrogens with one attached hydrogen (secondary N) is 1.